The lowest BCUT2D eigenvalue weighted by Gasteiger charge is -2.02. The van der Waals surface area contributed by atoms with Crippen molar-refractivity contribution in [2.24, 2.45) is 0 Å². The monoisotopic (exact) mass is 244 g/mol. The first-order chi connectivity index (χ1) is 9.43. The largest absolute Gasteiger partial charge is 0.354 e. The van der Waals surface area contributed by atoms with Gasteiger partial charge in [-0.15, -0.1) is 0 Å². The van der Waals surface area contributed by atoms with Gasteiger partial charge in [0.05, 0.1) is 5.52 Å². The summed E-state index contributed by atoms with van der Waals surface area (Å²) in [6.45, 7) is 0. The number of rotatable bonds is 1. The average molecular weight is 244 g/mol. The predicted molar refractivity (Wildman–Crippen MR) is 79.0 cm³/mol. The van der Waals surface area contributed by atoms with E-state index in [1.165, 1.54) is 27.4 Å². The molecule has 0 saturated heterocycles. The Labute approximate surface area is 110 Å². The third kappa shape index (κ3) is 1.54. The second-order valence-electron chi connectivity index (χ2n) is 4.64. The van der Waals surface area contributed by atoms with Crippen molar-refractivity contribution in [3.05, 3.63) is 67.0 Å². The molecule has 0 aliphatic rings. The summed E-state index contributed by atoms with van der Waals surface area (Å²) in [7, 11) is 0. The van der Waals surface area contributed by atoms with E-state index in [1.807, 2.05) is 12.3 Å². The summed E-state index contributed by atoms with van der Waals surface area (Å²) in [5.41, 5.74) is 4.69. The highest BCUT2D eigenvalue weighted by atomic mass is 14.7. The number of nitrogens with one attached hydrogen (secondary N) is 1. The molecule has 0 saturated carbocycles. The van der Waals surface area contributed by atoms with Crippen molar-refractivity contribution < 1.29 is 0 Å². The maximum atomic E-state index is 4.21. The Kier molecular flexibility index (Phi) is 2.15. The molecular formula is C17H12N2. The quantitative estimate of drug-likeness (QED) is 0.528. The molecule has 0 radical (unpaired) electrons. The number of hydrogen-bond donors (Lipinski definition) is 1. The lowest BCUT2D eigenvalue weighted by atomic mass is 10.0. The van der Waals surface area contributed by atoms with Gasteiger partial charge < -0.3 is 4.98 Å². The lowest BCUT2D eigenvalue weighted by molar-refractivity contribution is 1.33. The van der Waals surface area contributed by atoms with Crippen LogP contribution < -0.4 is 0 Å². The van der Waals surface area contributed by atoms with Crippen LogP contribution in [0.25, 0.3) is 32.9 Å². The van der Waals surface area contributed by atoms with Crippen LogP contribution in [0.15, 0.2) is 67.0 Å². The number of para-hydroxylation sites is 2. The molecule has 2 heteroatoms. The minimum Gasteiger partial charge on any atom is -0.354 e. The molecule has 0 unspecified atom stereocenters. The van der Waals surface area contributed by atoms with Gasteiger partial charge in [-0.3, -0.25) is 4.98 Å². The zero-order valence-electron chi connectivity index (χ0n) is 10.3. The lowest BCUT2D eigenvalue weighted by Crippen LogP contribution is -1.81. The summed E-state index contributed by atoms with van der Waals surface area (Å²) in [4.78, 5) is 7.73. The van der Waals surface area contributed by atoms with E-state index in [0.29, 0.717) is 0 Å². The zero-order chi connectivity index (χ0) is 12.7. The molecule has 2 nitrogen and oxygen atoms in total. The fourth-order valence-corrected chi connectivity index (χ4v) is 2.64. The Morgan fingerprint density at radius 3 is 2.58 bits per heavy atom. The van der Waals surface area contributed by atoms with Gasteiger partial charge in [-0.1, -0.05) is 42.5 Å². The van der Waals surface area contributed by atoms with Crippen LogP contribution in [0.4, 0.5) is 0 Å². The van der Waals surface area contributed by atoms with Gasteiger partial charge in [-0.25, -0.2) is 0 Å². The fraction of sp³-hybridized carbons (Fsp3) is 0. The number of aromatic amines is 1. The Balaban J connectivity index is 2.13. The van der Waals surface area contributed by atoms with E-state index in [0.717, 1.165) is 5.56 Å². The van der Waals surface area contributed by atoms with Crippen molar-refractivity contribution in [2.45, 2.75) is 0 Å². The van der Waals surface area contributed by atoms with Crippen LogP contribution in [0.2, 0.25) is 0 Å². The molecule has 1 N–H and O–H groups in total. The molecule has 0 bridgehead atoms. The van der Waals surface area contributed by atoms with Gasteiger partial charge in [0.1, 0.15) is 0 Å². The third-order valence-corrected chi connectivity index (χ3v) is 3.51. The normalized spacial score (nSPS) is 11.2. The third-order valence-electron chi connectivity index (χ3n) is 3.51. The molecule has 0 fully saturated rings. The highest BCUT2D eigenvalue weighted by Gasteiger charge is 2.08. The molecule has 90 valence electrons. The van der Waals surface area contributed by atoms with Crippen molar-refractivity contribution in [1.29, 1.82) is 0 Å². The molecule has 0 aliphatic carbocycles. The van der Waals surface area contributed by atoms with Crippen molar-refractivity contribution in [3.63, 3.8) is 0 Å². The molecule has 2 heterocycles. The second-order valence-corrected chi connectivity index (χ2v) is 4.64. The molecule has 0 atom stereocenters. The number of H-pyrrole nitrogens is 1. The van der Waals surface area contributed by atoms with Crippen LogP contribution in [0, 0.1) is 0 Å². The SMILES string of the molecule is c1cncc(-c2cccc3c2[nH]c2ccccc23)c1. The number of benzene rings is 2. The Hall–Kier alpha value is -2.61. The van der Waals surface area contributed by atoms with Gasteiger partial charge in [0.25, 0.3) is 0 Å². The van der Waals surface area contributed by atoms with E-state index in [-0.39, 0.29) is 0 Å². The van der Waals surface area contributed by atoms with E-state index < -0.39 is 0 Å². The predicted octanol–water partition coefficient (Wildman–Crippen LogP) is 4.38. The van der Waals surface area contributed by atoms with E-state index in [2.05, 4.69) is 58.5 Å². The van der Waals surface area contributed by atoms with Gasteiger partial charge in [0.15, 0.2) is 0 Å². The number of fused-ring (bicyclic) bond motifs is 3. The standard InChI is InChI=1S/C17H12N2/c1-2-9-16-14(6-1)15-8-3-7-13(17(15)19-16)12-5-4-10-18-11-12/h1-11,19H. The van der Waals surface area contributed by atoms with Gasteiger partial charge in [-0.05, 0) is 12.1 Å². The summed E-state index contributed by atoms with van der Waals surface area (Å²) < 4.78 is 0. The van der Waals surface area contributed by atoms with Crippen LogP contribution in [0.5, 0.6) is 0 Å². The Morgan fingerprint density at radius 1 is 0.789 bits per heavy atom. The van der Waals surface area contributed by atoms with E-state index in [1.54, 1.807) is 6.20 Å². The average Bonchev–Trinajstić information content (AvgIpc) is 2.87. The number of aromatic nitrogens is 2. The van der Waals surface area contributed by atoms with E-state index >= 15 is 0 Å². The smallest absolute Gasteiger partial charge is 0.0545 e. The number of nitrogens with zero attached hydrogens (tertiary/aromatic N) is 1. The summed E-state index contributed by atoms with van der Waals surface area (Å²) in [5.74, 6) is 0. The topological polar surface area (TPSA) is 28.7 Å². The zero-order valence-corrected chi connectivity index (χ0v) is 10.3. The van der Waals surface area contributed by atoms with Crippen LogP contribution >= 0.6 is 0 Å². The first kappa shape index (κ1) is 10.3. The molecule has 0 amide bonds. The molecule has 19 heavy (non-hydrogen) atoms. The van der Waals surface area contributed by atoms with Crippen molar-refractivity contribution >= 4 is 21.8 Å². The first-order valence-electron chi connectivity index (χ1n) is 6.33. The van der Waals surface area contributed by atoms with E-state index in [4.69, 9.17) is 0 Å². The van der Waals surface area contributed by atoms with Gasteiger partial charge in [-0.2, -0.15) is 0 Å². The van der Waals surface area contributed by atoms with E-state index in [9.17, 15) is 0 Å². The summed E-state index contributed by atoms with van der Waals surface area (Å²) in [5, 5.41) is 2.53. The summed E-state index contributed by atoms with van der Waals surface area (Å²) in [6, 6.07) is 18.9. The van der Waals surface area contributed by atoms with Crippen LogP contribution in [-0.4, -0.2) is 9.97 Å². The van der Waals surface area contributed by atoms with Crippen LogP contribution in [0.3, 0.4) is 0 Å². The van der Waals surface area contributed by atoms with Gasteiger partial charge >= 0.3 is 0 Å². The maximum Gasteiger partial charge on any atom is 0.0545 e. The molecule has 0 spiro atoms. The van der Waals surface area contributed by atoms with Gasteiger partial charge in [0.2, 0.25) is 0 Å². The first-order valence-corrected chi connectivity index (χ1v) is 6.33. The molecule has 0 aliphatic heterocycles. The number of pyridine rings is 1. The highest BCUT2D eigenvalue weighted by Crippen LogP contribution is 2.32. The number of hydrogen-bond acceptors (Lipinski definition) is 1. The molecule has 4 rings (SSSR count). The molecular weight excluding hydrogens is 232 g/mol. The Bertz CT molecular complexity index is 860. The van der Waals surface area contributed by atoms with Crippen molar-refractivity contribution in [2.75, 3.05) is 0 Å². The summed E-state index contributed by atoms with van der Waals surface area (Å²) in [6.07, 6.45) is 3.70. The molecule has 4 aromatic rings. The molecule has 2 aromatic heterocycles. The fourth-order valence-electron chi connectivity index (χ4n) is 2.64. The van der Waals surface area contributed by atoms with Crippen molar-refractivity contribution in [3.8, 4) is 11.1 Å². The molecule has 2 aromatic carbocycles. The van der Waals surface area contributed by atoms with Crippen molar-refractivity contribution in [1.82, 2.24) is 9.97 Å². The summed E-state index contributed by atoms with van der Waals surface area (Å²) >= 11 is 0. The minimum atomic E-state index is 1.14. The Morgan fingerprint density at radius 2 is 1.68 bits per heavy atom. The highest BCUT2D eigenvalue weighted by molar-refractivity contribution is 6.11. The van der Waals surface area contributed by atoms with Crippen LogP contribution in [0.1, 0.15) is 0 Å². The maximum absolute atomic E-state index is 4.21. The van der Waals surface area contributed by atoms with Crippen LogP contribution in [-0.2, 0) is 0 Å². The minimum absolute atomic E-state index is 1.14. The second kappa shape index (κ2) is 3.95. The van der Waals surface area contributed by atoms with Gasteiger partial charge in [0, 0.05) is 39.8 Å².